The molecule has 0 aromatic heterocycles. The molecule has 5 nitrogen and oxygen atoms in total. The summed E-state index contributed by atoms with van der Waals surface area (Å²) in [5.74, 6) is 0.408. The molecule has 2 aliphatic rings. The first-order valence-corrected chi connectivity index (χ1v) is 12.8. The molecule has 2 heterocycles. The topological polar surface area (TPSA) is 76.0 Å². The largest absolute Gasteiger partial charge is 0.508 e. The summed E-state index contributed by atoms with van der Waals surface area (Å²) in [6, 6.07) is 37.8. The van der Waals surface area contributed by atoms with Crippen molar-refractivity contribution in [3.05, 3.63) is 155 Å². The molecule has 0 saturated heterocycles. The lowest BCUT2D eigenvalue weighted by molar-refractivity contribution is 0.0224. The van der Waals surface area contributed by atoms with Gasteiger partial charge in [0.15, 0.2) is 5.60 Å². The maximum Gasteiger partial charge on any atom is 0.340 e. The van der Waals surface area contributed by atoms with E-state index in [4.69, 9.17) is 9.47 Å². The number of fused-ring (bicyclic) bond motifs is 6. The lowest BCUT2D eigenvalue weighted by Crippen LogP contribution is -2.32. The van der Waals surface area contributed by atoms with Gasteiger partial charge in [-0.05, 0) is 54.3 Å². The molecule has 2 aliphatic heterocycles. The van der Waals surface area contributed by atoms with Crippen LogP contribution in [-0.2, 0) is 23.2 Å². The Morgan fingerprint density at radius 3 is 1.59 bits per heavy atom. The maximum atomic E-state index is 12.5. The summed E-state index contributed by atoms with van der Waals surface area (Å²) >= 11 is 0. The number of aryl methyl sites for hydroxylation is 2. The molecule has 0 fully saturated rings. The lowest BCUT2D eigenvalue weighted by Gasteiger charge is -2.36. The lowest BCUT2D eigenvalue weighted by atomic mass is 9.77. The van der Waals surface area contributed by atoms with Crippen molar-refractivity contribution < 1.29 is 24.5 Å². The zero-order chi connectivity index (χ0) is 26.8. The van der Waals surface area contributed by atoms with Crippen LogP contribution in [0.15, 0.2) is 121 Å². The van der Waals surface area contributed by atoms with Crippen LogP contribution in [0.4, 0.5) is 0 Å². The van der Waals surface area contributed by atoms with Gasteiger partial charge in [0.2, 0.25) is 0 Å². The zero-order valence-corrected chi connectivity index (χ0v) is 21.1. The predicted molar refractivity (Wildman–Crippen MR) is 148 cm³/mol. The molecule has 2 N–H and O–H groups in total. The Morgan fingerprint density at radius 2 is 1.05 bits per heavy atom. The van der Waals surface area contributed by atoms with Gasteiger partial charge >= 0.3 is 5.97 Å². The molecule has 39 heavy (non-hydrogen) atoms. The third-order valence-corrected chi connectivity index (χ3v) is 7.07. The van der Waals surface area contributed by atoms with E-state index >= 15 is 0 Å². The van der Waals surface area contributed by atoms with Crippen LogP contribution in [0.3, 0.4) is 0 Å². The van der Waals surface area contributed by atoms with Crippen molar-refractivity contribution >= 4 is 5.97 Å². The number of carbonyl (C=O) groups is 1. The minimum Gasteiger partial charge on any atom is -0.508 e. The number of esters is 1. The zero-order valence-electron chi connectivity index (χ0n) is 21.1. The first-order chi connectivity index (χ1) is 19.0. The Labute approximate surface area is 226 Å². The monoisotopic (exact) mass is 514 g/mol. The second-order valence-electron chi connectivity index (χ2n) is 9.55. The number of ether oxygens (including phenoxy) is 2. The highest BCUT2D eigenvalue weighted by atomic mass is 16.6. The Morgan fingerprint density at radius 1 is 0.564 bits per heavy atom. The van der Waals surface area contributed by atoms with Crippen molar-refractivity contribution in [2.45, 2.75) is 18.4 Å². The van der Waals surface area contributed by atoms with Crippen molar-refractivity contribution in [2.75, 3.05) is 0 Å². The van der Waals surface area contributed by atoms with E-state index in [1.807, 2.05) is 12.1 Å². The highest BCUT2D eigenvalue weighted by molar-refractivity contribution is 5.97. The third-order valence-electron chi connectivity index (χ3n) is 7.07. The molecule has 5 aromatic carbocycles. The average molecular weight is 515 g/mol. The van der Waals surface area contributed by atoms with Gasteiger partial charge in [0.1, 0.15) is 23.0 Å². The van der Waals surface area contributed by atoms with E-state index in [0.717, 1.165) is 12.8 Å². The van der Waals surface area contributed by atoms with Crippen LogP contribution in [0.1, 0.15) is 38.2 Å². The molecule has 5 heteroatoms. The second kappa shape index (κ2) is 10.0. The molecule has 192 valence electrons. The van der Waals surface area contributed by atoms with Gasteiger partial charge in [0.25, 0.3) is 0 Å². The minimum absolute atomic E-state index is 0.0371. The smallest absolute Gasteiger partial charge is 0.340 e. The van der Waals surface area contributed by atoms with Gasteiger partial charge in [0, 0.05) is 28.8 Å². The van der Waals surface area contributed by atoms with E-state index in [1.165, 1.54) is 35.4 Å². The van der Waals surface area contributed by atoms with Crippen LogP contribution in [0, 0.1) is 0 Å². The summed E-state index contributed by atoms with van der Waals surface area (Å²) in [5, 5.41) is 19.7. The number of rotatable bonds is 3. The summed E-state index contributed by atoms with van der Waals surface area (Å²) < 4.78 is 11.8. The van der Waals surface area contributed by atoms with E-state index in [1.54, 1.807) is 24.3 Å². The Bertz CT molecular complexity index is 1550. The van der Waals surface area contributed by atoms with Crippen LogP contribution in [0.25, 0.3) is 0 Å². The molecule has 0 aliphatic carbocycles. The summed E-state index contributed by atoms with van der Waals surface area (Å²) in [6.07, 6.45) is 2.26. The molecule has 1 spiro atoms. The molecule has 0 bridgehead atoms. The highest BCUT2D eigenvalue weighted by Gasteiger charge is 2.53. The fourth-order valence-corrected chi connectivity index (χ4v) is 5.23. The Kier molecular flexibility index (Phi) is 6.25. The number of carbonyl (C=O) groups excluding carboxylic acids is 1. The van der Waals surface area contributed by atoms with Gasteiger partial charge in [-0.3, -0.25) is 0 Å². The summed E-state index contributed by atoms with van der Waals surface area (Å²) in [6.45, 7) is 0. The van der Waals surface area contributed by atoms with Crippen LogP contribution >= 0.6 is 0 Å². The number of hydrogen-bond acceptors (Lipinski definition) is 5. The van der Waals surface area contributed by atoms with Crippen molar-refractivity contribution in [1.82, 2.24) is 0 Å². The quantitative estimate of drug-likeness (QED) is 0.250. The number of phenols is 2. The summed E-state index contributed by atoms with van der Waals surface area (Å²) in [5.41, 5.74) is 4.11. The standard InChI is InChI=1S/C20H12O5.C14H14/c21-11-5-7-15-17(9-11)24-18-10-12(22)6-8-16(18)20(15)14-4-2-1-3-13(14)19(23)25-20;1-3-7-13(8-4-1)11-12-14-9-5-2-6-10-14/h1-10,21-22H;1-10H,11-12H2. The molecule has 0 radical (unpaired) electrons. The highest BCUT2D eigenvalue weighted by Crippen LogP contribution is 2.56. The SMILES string of the molecule is O=C1OC2(c3ccc(O)cc3Oc3cc(O)ccc32)c2ccccc21.c1ccc(CCc2ccccc2)cc1. The van der Waals surface area contributed by atoms with Gasteiger partial charge < -0.3 is 19.7 Å². The van der Waals surface area contributed by atoms with E-state index in [0.29, 0.717) is 33.8 Å². The fourth-order valence-electron chi connectivity index (χ4n) is 5.23. The van der Waals surface area contributed by atoms with Gasteiger partial charge in [-0.2, -0.15) is 0 Å². The van der Waals surface area contributed by atoms with E-state index in [2.05, 4.69) is 60.7 Å². The van der Waals surface area contributed by atoms with Crippen LogP contribution in [0.5, 0.6) is 23.0 Å². The van der Waals surface area contributed by atoms with Gasteiger partial charge in [0.05, 0.1) is 5.56 Å². The molecule has 0 unspecified atom stereocenters. The second-order valence-corrected chi connectivity index (χ2v) is 9.55. The van der Waals surface area contributed by atoms with Gasteiger partial charge in [-0.1, -0.05) is 78.9 Å². The van der Waals surface area contributed by atoms with Crippen molar-refractivity contribution in [3.63, 3.8) is 0 Å². The van der Waals surface area contributed by atoms with Crippen LogP contribution in [0.2, 0.25) is 0 Å². The van der Waals surface area contributed by atoms with Gasteiger partial charge in [-0.25, -0.2) is 4.79 Å². The molecular formula is C34H26O5. The van der Waals surface area contributed by atoms with E-state index in [-0.39, 0.29) is 11.5 Å². The van der Waals surface area contributed by atoms with E-state index in [9.17, 15) is 15.0 Å². The summed E-state index contributed by atoms with van der Waals surface area (Å²) in [7, 11) is 0. The van der Waals surface area contributed by atoms with Crippen molar-refractivity contribution in [3.8, 4) is 23.0 Å². The van der Waals surface area contributed by atoms with Crippen molar-refractivity contribution in [2.24, 2.45) is 0 Å². The number of hydrogen-bond donors (Lipinski definition) is 2. The molecule has 0 atom stereocenters. The first kappa shape index (κ1) is 24.3. The first-order valence-electron chi connectivity index (χ1n) is 12.8. The van der Waals surface area contributed by atoms with Crippen LogP contribution < -0.4 is 4.74 Å². The number of phenolic OH excluding ortho intramolecular Hbond substituents is 2. The number of aromatic hydroxyl groups is 2. The molecule has 5 aromatic rings. The Balaban J connectivity index is 0.000000168. The van der Waals surface area contributed by atoms with Crippen molar-refractivity contribution in [1.29, 1.82) is 0 Å². The maximum absolute atomic E-state index is 12.5. The molecular weight excluding hydrogens is 488 g/mol. The summed E-state index contributed by atoms with van der Waals surface area (Å²) in [4.78, 5) is 12.5. The predicted octanol–water partition coefficient (Wildman–Crippen LogP) is 7.14. The number of benzene rings is 5. The minimum atomic E-state index is -1.17. The average Bonchev–Trinajstić information content (AvgIpc) is 3.26. The fraction of sp³-hybridized carbons (Fsp3) is 0.0882. The van der Waals surface area contributed by atoms with Gasteiger partial charge in [-0.15, -0.1) is 0 Å². The molecule has 7 rings (SSSR count). The molecule has 0 amide bonds. The molecule has 0 saturated carbocycles. The third kappa shape index (κ3) is 4.48. The van der Waals surface area contributed by atoms with E-state index < -0.39 is 11.6 Å². The van der Waals surface area contributed by atoms with Crippen LogP contribution in [-0.4, -0.2) is 16.2 Å². The normalized spacial score (nSPS) is 13.7. The Hall–Kier alpha value is -5.03.